The quantitative estimate of drug-likeness (QED) is 0.605. The normalized spacial score (nSPS) is 20.9. The SMILES string of the molecule is CC(CN[SH](=O)=O)Cc1ccccc1B1OC(C)(C)C(C)(C)O1. The van der Waals surface area contributed by atoms with Crippen LogP contribution in [0.25, 0.3) is 0 Å². The number of nitrogens with one attached hydrogen (secondary N) is 1. The molecule has 1 aromatic rings. The van der Waals surface area contributed by atoms with Crippen molar-refractivity contribution in [2.24, 2.45) is 5.92 Å². The molecule has 23 heavy (non-hydrogen) atoms. The summed E-state index contributed by atoms with van der Waals surface area (Å²) in [4.78, 5) is 0. The van der Waals surface area contributed by atoms with Crippen molar-refractivity contribution in [2.75, 3.05) is 6.54 Å². The average molecular weight is 339 g/mol. The molecule has 128 valence electrons. The first-order valence-corrected chi connectivity index (χ1v) is 9.11. The van der Waals surface area contributed by atoms with Crippen LogP contribution >= 0.6 is 0 Å². The van der Waals surface area contributed by atoms with Gasteiger partial charge in [0.25, 0.3) is 0 Å². The third kappa shape index (κ3) is 4.35. The molecule has 0 amide bonds. The molecule has 1 aliphatic heterocycles. The summed E-state index contributed by atoms with van der Waals surface area (Å²) in [5.74, 6) is 0.187. The summed E-state index contributed by atoms with van der Waals surface area (Å²) >= 11 is 0. The number of hydrogen-bond donors (Lipinski definition) is 2. The Morgan fingerprint density at radius 2 is 1.70 bits per heavy atom. The van der Waals surface area contributed by atoms with E-state index in [-0.39, 0.29) is 17.1 Å². The van der Waals surface area contributed by atoms with Crippen molar-refractivity contribution in [1.29, 1.82) is 0 Å². The highest BCUT2D eigenvalue weighted by atomic mass is 32.2. The molecule has 7 heteroatoms. The summed E-state index contributed by atoms with van der Waals surface area (Å²) in [6, 6.07) is 8.03. The molecular weight excluding hydrogens is 313 g/mol. The van der Waals surface area contributed by atoms with Gasteiger partial charge in [-0.05, 0) is 51.1 Å². The van der Waals surface area contributed by atoms with Crippen LogP contribution in [-0.2, 0) is 26.6 Å². The van der Waals surface area contributed by atoms with Crippen molar-refractivity contribution in [1.82, 2.24) is 4.72 Å². The van der Waals surface area contributed by atoms with E-state index in [1.54, 1.807) is 0 Å². The lowest BCUT2D eigenvalue weighted by atomic mass is 9.74. The molecule has 2 rings (SSSR count). The Hall–Kier alpha value is -0.885. The highest BCUT2D eigenvalue weighted by molar-refractivity contribution is 7.70. The van der Waals surface area contributed by atoms with Crippen molar-refractivity contribution in [2.45, 2.75) is 52.2 Å². The molecule has 0 aliphatic carbocycles. The molecule has 0 radical (unpaired) electrons. The number of hydrogen-bond acceptors (Lipinski definition) is 4. The lowest BCUT2D eigenvalue weighted by molar-refractivity contribution is 0.00578. The largest absolute Gasteiger partial charge is 0.495 e. The van der Waals surface area contributed by atoms with Crippen LogP contribution < -0.4 is 10.2 Å². The molecule has 0 bridgehead atoms. The van der Waals surface area contributed by atoms with E-state index in [1.165, 1.54) is 0 Å². The molecule has 1 saturated heterocycles. The van der Waals surface area contributed by atoms with Gasteiger partial charge >= 0.3 is 7.12 Å². The zero-order valence-corrected chi connectivity index (χ0v) is 15.4. The Morgan fingerprint density at radius 3 is 2.26 bits per heavy atom. The predicted octanol–water partition coefficient (Wildman–Crippen LogP) is 1.28. The van der Waals surface area contributed by atoms with Gasteiger partial charge in [0.15, 0.2) is 0 Å². The van der Waals surface area contributed by atoms with Crippen molar-refractivity contribution in [3.8, 4) is 0 Å². The minimum Gasteiger partial charge on any atom is -0.399 e. The molecular formula is C16H26BNO4S. The molecule has 1 heterocycles. The van der Waals surface area contributed by atoms with Gasteiger partial charge in [0.05, 0.1) is 11.2 Å². The Labute approximate surface area is 141 Å². The fraction of sp³-hybridized carbons (Fsp3) is 0.625. The van der Waals surface area contributed by atoms with E-state index in [0.717, 1.165) is 17.4 Å². The third-order valence-corrected chi connectivity index (χ3v) is 5.14. The van der Waals surface area contributed by atoms with Gasteiger partial charge in [-0.1, -0.05) is 31.2 Å². The van der Waals surface area contributed by atoms with Gasteiger partial charge < -0.3 is 9.31 Å². The van der Waals surface area contributed by atoms with Crippen molar-refractivity contribution < 1.29 is 17.7 Å². The molecule has 1 atom stereocenters. The second-order valence-corrected chi connectivity index (χ2v) is 8.05. The van der Waals surface area contributed by atoms with E-state index in [1.807, 2.05) is 58.9 Å². The fourth-order valence-electron chi connectivity index (χ4n) is 2.60. The second-order valence-electron chi connectivity index (χ2n) is 7.22. The summed E-state index contributed by atoms with van der Waals surface area (Å²) in [5.41, 5.74) is 1.39. The first-order chi connectivity index (χ1) is 10.6. The topological polar surface area (TPSA) is 64.6 Å². The minimum atomic E-state index is -2.55. The van der Waals surface area contributed by atoms with E-state index >= 15 is 0 Å². The average Bonchev–Trinajstić information content (AvgIpc) is 2.65. The summed E-state index contributed by atoms with van der Waals surface area (Å²) in [6.45, 7) is 10.6. The maximum Gasteiger partial charge on any atom is 0.495 e. The second kappa shape index (κ2) is 6.93. The maximum absolute atomic E-state index is 10.7. The predicted molar refractivity (Wildman–Crippen MR) is 93.3 cm³/mol. The van der Waals surface area contributed by atoms with Gasteiger partial charge in [-0.2, -0.15) is 0 Å². The van der Waals surface area contributed by atoms with Gasteiger partial charge in [0, 0.05) is 6.54 Å². The number of benzene rings is 1. The smallest absolute Gasteiger partial charge is 0.399 e. The van der Waals surface area contributed by atoms with Crippen molar-refractivity contribution >= 4 is 23.5 Å². The lowest BCUT2D eigenvalue weighted by Crippen LogP contribution is -2.41. The van der Waals surface area contributed by atoms with Crippen LogP contribution in [-0.4, -0.2) is 33.3 Å². The molecule has 1 fully saturated rings. The highest BCUT2D eigenvalue weighted by Gasteiger charge is 2.52. The number of thiol groups is 1. The van der Waals surface area contributed by atoms with Crippen LogP contribution in [0.15, 0.2) is 24.3 Å². The fourth-order valence-corrected chi connectivity index (χ4v) is 3.06. The summed E-state index contributed by atoms with van der Waals surface area (Å²) in [5, 5.41) is 0. The van der Waals surface area contributed by atoms with E-state index in [0.29, 0.717) is 6.54 Å². The number of rotatable bonds is 6. The van der Waals surface area contributed by atoms with Crippen LogP contribution in [0.3, 0.4) is 0 Å². The van der Waals surface area contributed by atoms with E-state index < -0.39 is 18.0 Å². The molecule has 1 unspecified atom stereocenters. The molecule has 5 nitrogen and oxygen atoms in total. The Bertz CT molecular complexity index is 606. The minimum absolute atomic E-state index is 0.187. The van der Waals surface area contributed by atoms with Crippen LogP contribution in [0.1, 0.15) is 40.2 Å². The first-order valence-electron chi connectivity index (χ1n) is 7.94. The molecule has 1 aromatic carbocycles. The van der Waals surface area contributed by atoms with Gasteiger partial charge in [-0.3, -0.25) is 0 Å². The van der Waals surface area contributed by atoms with E-state index in [9.17, 15) is 8.42 Å². The van der Waals surface area contributed by atoms with Gasteiger partial charge in [-0.15, -0.1) is 0 Å². The zero-order valence-electron chi connectivity index (χ0n) is 14.5. The van der Waals surface area contributed by atoms with Crippen LogP contribution in [0.4, 0.5) is 0 Å². The van der Waals surface area contributed by atoms with Crippen LogP contribution in [0.2, 0.25) is 0 Å². The first kappa shape index (κ1) is 18.5. The molecule has 1 aliphatic rings. The third-order valence-electron chi connectivity index (χ3n) is 4.70. The molecule has 0 aromatic heterocycles. The monoisotopic (exact) mass is 339 g/mol. The summed E-state index contributed by atoms with van der Waals surface area (Å²) in [6.07, 6.45) is 0.760. The Morgan fingerprint density at radius 1 is 1.13 bits per heavy atom. The summed E-state index contributed by atoms with van der Waals surface area (Å²) in [7, 11) is -2.94. The molecule has 1 N–H and O–H groups in total. The standard InChI is InChI=1S/C16H26BNO4S/c1-12(11-18-23(19)20)10-13-8-6-7-9-14(13)17-21-15(2,3)16(4,5)22-17/h6-9,12,23H,10-11H2,1-5H3,(H,18,19,20). The maximum atomic E-state index is 10.7. The van der Waals surface area contributed by atoms with Gasteiger partial charge in [0.2, 0.25) is 10.9 Å². The highest BCUT2D eigenvalue weighted by Crippen LogP contribution is 2.36. The van der Waals surface area contributed by atoms with Crippen molar-refractivity contribution in [3.63, 3.8) is 0 Å². The van der Waals surface area contributed by atoms with Gasteiger partial charge in [0.1, 0.15) is 0 Å². The molecule has 0 spiro atoms. The Kier molecular flexibility index (Phi) is 5.56. The summed E-state index contributed by atoms with van der Waals surface area (Å²) < 4.78 is 36.1. The van der Waals surface area contributed by atoms with E-state index in [2.05, 4.69) is 4.72 Å². The van der Waals surface area contributed by atoms with E-state index in [4.69, 9.17) is 9.31 Å². The zero-order chi connectivity index (χ0) is 17.3. The van der Waals surface area contributed by atoms with Crippen LogP contribution in [0.5, 0.6) is 0 Å². The lowest BCUT2D eigenvalue weighted by Gasteiger charge is -2.32. The Balaban J connectivity index is 2.15. The van der Waals surface area contributed by atoms with Crippen molar-refractivity contribution in [3.05, 3.63) is 29.8 Å². The van der Waals surface area contributed by atoms with Crippen LogP contribution in [0, 0.1) is 5.92 Å². The van der Waals surface area contributed by atoms with Gasteiger partial charge in [-0.25, -0.2) is 13.1 Å². The molecule has 0 saturated carbocycles.